The highest BCUT2D eigenvalue weighted by Gasteiger charge is 2.49. The van der Waals surface area contributed by atoms with E-state index in [0.717, 1.165) is 12.8 Å². The smallest absolute Gasteiger partial charge is 0.279 e. The van der Waals surface area contributed by atoms with E-state index in [4.69, 9.17) is 14.0 Å². The highest BCUT2D eigenvalue weighted by atomic mass is 19.1. The molecule has 1 fully saturated rings. The Hall–Kier alpha value is -3.11. The van der Waals surface area contributed by atoms with E-state index in [9.17, 15) is 9.18 Å². The van der Waals surface area contributed by atoms with E-state index < -0.39 is 11.4 Å². The minimum Gasteiger partial charge on any atom is -0.383 e. The van der Waals surface area contributed by atoms with Crippen molar-refractivity contribution in [2.24, 2.45) is 0 Å². The zero-order valence-corrected chi connectivity index (χ0v) is 15.9. The molecule has 1 saturated carbocycles. The fourth-order valence-corrected chi connectivity index (χ4v) is 3.59. The molecule has 0 bridgehead atoms. The van der Waals surface area contributed by atoms with E-state index in [1.54, 1.807) is 24.7 Å². The lowest BCUT2D eigenvalue weighted by molar-refractivity contribution is 0.0689. The first-order valence-corrected chi connectivity index (χ1v) is 9.16. The normalized spacial score (nSPS) is 15.4. The van der Waals surface area contributed by atoms with Gasteiger partial charge >= 0.3 is 0 Å². The summed E-state index contributed by atoms with van der Waals surface area (Å²) in [5, 5.41) is 4.02. The van der Waals surface area contributed by atoms with Gasteiger partial charge in [0.25, 0.3) is 11.4 Å². The van der Waals surface area contributed by atoms with Crippen LogP contribution in [0.3, 0.4) is 0 Å². The number of rotatable bonds is 6. The molecule has 0 spiro atoms. The Kier molecular flexibility index (Phi) is 4.00. The van der Waals surface area contributed by atoms with E-state index in [0.29, 0.717) is 23.5 Å². The SMILES string of the molecule is COCCn1c(=O)c2c(-c3nc(C4(OC)CC4)no3)ncn2c2ccc(F)cc21. The molecular formula is C19H18FN5O4. The van der Waals surface area contributed by atoms with Crippen molar-refractivity contribution in [2.45, 2.75) is 25.0 Å². The lowest BCUT2D eigenvalue weighted by Crippen LogP contribution is -2.25. The predicted octanol–water partition coefficient (Wildman–Crippen LogP) is 2.12. The van der Waals surface area contributed by atoms with Crippen molar-refractivity contribution in [3.8, 4) is 11.6 Å². The molecule has 0 N–H and O–H groups in total. The molecule has 0 unspecified atom stereocenters. The molecule has 0 atom stereocenters. The quantitative estimate of drug-likeness (QED) is 0.490. The summed E-state index contributed by atoms with van der Waals surface area (Å²) < 4.78 is 33.0. The average Bonchev–Trinajstić information content (AvgIpc) is 3.15. The minimum absolute atomic E-state index is 0.141. The Morgan fingerprint density at radius 2 is 2.10 bits per heavy atom. The largest absolute Gasteiger partial charge is 0.383 e. The summed E-state index contributed by atoms with van der Waals surface area (Å²) in [6.07, 6.45) is 3.12. The maximum Gasteiger partial charge on any atom is 0.279 e. The van der Waals surface area contributed by atoms with E-state index >= 15 is 0 Å². The Labute approximate surface area is 163 Å². The number of nitrogens with zero attached hydrogens (tertiary/aromatic N) is 5. The van der Waals surface area contributed by atoms with Gasteiger partial charge in [-0.05, 0) is 31.0 Å². The number of benzene rings is 1. The molecule has 3 aromatic heterocycles. The highest BCUT2D eigenvalue weighted by Crippen LogP contribution is 2.47. The standard InChI is InChI=1S/C19H18FN5O4/c1-27-8-7-24-13-9-11(20)3-4-12(13)25-10-21-14(15(25)17(24)26)16-22-18(23-29-16)19(28-2)5-6-19/h3-4,9-10H,5-8H2,1-2H3. The third-order valence-corrected chi connectivity index (χ3v) is 5.35. The van der Waals surface area contributed by atoms with Crippen LogP contribution < -0.4 is 5.56 Å². The van der Waals surface area contributed by atoms with Gasteiger partial charge in [0.1, 0.15) is 23.3 Å². The van der Waals surface area contributed by atoms with Crippen molar-refractivity contribution in [3.63, 3.8) is 0 Å². The third-order valence-electron chi connectivity index (χ3n) is 5.35. The second kappa shape index (κ2) is 6.46. The maximum atomic E-state index is 13.9. The summed E-state index contributed by atoms with van der Waals surface area (Å²) in [6, 6.07) is 4.27. The van der Waals surface area contributed by atoms with Crippen molar-refractivity contribution in [2.75, 3.05) is 20.8 Å². The fourth-order valence-electron chi connectivity index (χ4n) is 3.59. The molecule has 0 radical (unpaired) electrons. The van der Waals surface area contributed by atoms with E-state index in [1.165, 1.54) is 23.0 Å². The fraction of sp³-hybridized carbons (Fsp3) is 0.368. The minimum atomic E-state index is -0.514. The first-order valence-electron chi connectivity index (χ1n) is 9.16. The monoisotopic (exact) mass is 399 g/mol. The topological polar surface area (TPSA) is 96.7 Å². The van der Waals surface area contributed by atoms with Crippen LogP contribution in [0.5, 0.6) is 0 Å². The molecule has 150 valence electrons. The number of ether oxygens (including phenoxy) is 2. The van der Waals surface area contributed by atoms with Crippen LogP contribution in [0.4, 0.5) is 4.39 Å². The van der Waals surface area contributed by atoms with Crippen molar-refractivity contribution in [1.29, 1.82) is 0 Å². The van der Waals surface area contributed by atoms with Crippen LogP contribution in [0.1, 0.15) is 18.7 Å². The van der Waals surface area contributed by atoms with E-state index in [2.05, 4.69) is 15.1 Å². The molecule has 0 aliphatic heterocycles. The second-order valence-electron chi connectivity index (χ2n) is 7.02. The van der Waals surface area contributed by atoms with Gasteiger partial charge in [-0.15, -0.1) is 0 Å². The Morgan fingerprint density at radius 3 is 2.83 bits per heavy atom. The van der Waals surface area contributed by atoms with Gasteiger partial charge in [0, 0.05) is 20.8 Å². The lowest BCUT2D eigenvalue weighted by atomic mass is 10.2. The zero-order valence-electron chi connectivity index (χ0n) is 15.9. The van der Waals surface area contributed by atoms with Gasteiger partial charge in [0.2, 0.25) is 5.82 Å². The van der Waals surface area contributed by atoms with Crippen molar-refractivity contribution in [1.82, 2.24) is 24.1 Å². The van der Waals surface area contributed by atoms with Crippen LogP contribution in [0, 0.1) is 5.82 Å². The molecule has 1 aliphatic rings. The van der Waals surface area contributed by atoms with Gasteiger partial charge in [-0.2, -0.15) is 4.98 Å². The highest BCUT2D eigenvalue weighted by molar-refractivity contribution is 5.83. The van der Waals surface area contributed by atoms with Gasteiger partial charge in [0.05, 0.1) is 17.6 Å². The number of aromatic nitrogens is 5. The second-order valence-corrected chi connectivity index (χ2v) is 7.02. The van der Waals surface area contributed by atoms with E-state index in [1.807, 2.05) is 0 Å². The van der Waals surface area contributed by atoms with Gasteiger partial charge in [-0.1, -0.05) is 5.16 Å². The Morgan fingerprint density at radius 1 is 1.28 bits per heavy atom. The Balaban J connectivity index is 1.75. The summed E-state index contributed by atoms with van der Waals surface area (Å²) in [6.45, 7) is 0.560. The Bertz CT molecular complexity index is 1290. The van der Waals surface area contributed by atoms with Crippen LogP contribution in [-0.2, 0) is 21.6 Å². The average molecular weight is 399 g/mol. The number of hydrogen-bond donors (Lipinski definition) is 0. The molecule has 0 saturated heterocycles. The maximum absolute atomic E-state index is 13.9. The molecule has 1 aliphatic carbocycles. The summed E-state index contributed by atoms with van der Waals surface area (Å²) in [5.74, 6) is 0.153. The molecule has 10 heteroatoms. The van der Waals surface area contributed by atoms with Crippen LogP contribution in [-0.4, -0.2) is 44.9 Å². The number of hydrogen-bond acceptors (Lipinski definition) is 7. The van der Waals surface area contributed by atoms with E-state index in [-0.39, 0.29) is 29.2 Å². The van der Waals surface area contributed by atoms with Crippen LogP contribution in [0.15, 0.2) is 33.8 Å². The van der Waals surface area contributed by atoms with Gasteiger partial charge in [-0.25, -0.2) is 9.37 Å². The molecule has 3 heterocycles. The number of methoxy groups -OCH3 is 2. The number of fused-ring (bicyclic) bond motifs is 3. The predicted molar refractivity (Wildman–Crippen MR) is 100 cm³/mol. The number of halogens is 1. The van der Waals surface area contributed by atoms with Crippen LogP contribution in [0.25, 0.3) is 28.1 Å². The molecule has 0 amide bonds. The zero-order chi connectivity index (χ0) is 20.2. The first-order chi connectivity index (χ1) is 14.1. The lowest BCUT2D eigenvalue weighted by Gasteiger charge is -2.12. The number of imidazole rings is 1. The molecule has 1 aromatic carbocycles. The summed E-state index contributed by atoms with van der Waals surface area (Å²) in [4.78, 5) is 22.1. The first kappa shape index (κ1) is 18.0. The van der Waals surface area contributed by atoms with Crippen molar-refractivity contribution < 1.29 is 18.4 Å². The van der Waals surface area contributed by atoms with Gasteiger partial charge in [0.15, 0.2) is 5.69 Å². The molecule has 9 nitrogen and oxygen atoms in total. The van der Waals surface area contributed by atoms with Gasteiger partial charge < -0.3 is 18.6 Å². The summed E-state index contributed by atoms with van der Waals surface area (Å²) in [7, 11) is 3.15. The summed E-state index contributed by atoms with van der Waals surface area (Å²) >= 11 is 0. The van der Waals surface area contributed by atoms with Crippen molar-refractivity contribution >= 4 is 16.6 Å². The third kappa shape index (κ3) is 2.67. The molecular weight excluding hydrogens is 381 g/mol. The van der Waals surface area contributed by atoms with Crippen LogP contribution in [0.2, 0.25) is 0 Å². The van der Waals surface area contributed by atoms with Crippen LogP contribution >= 0.6 is 0 Å². The molecule has 29 heavy (non-hydrogen) atoms. The van der Waals surface area contributed by atoms with Gasteiger partial charge in [-0.3, -0.25) is 9.20 Å². The molecule has 5 rings (SSSR count). The van der Waals surface area contributed by atoms with Crippen molar-refractivity contribution in [3.05, 3.63) is 46.5 Å². The molecule has 4 aromatic rings. The summed E-state index contributed by atoms with van der Waals surface area (Å²) in [5.41, 5.74) is 0.772.